The lowest BCUT2D eigenvalue weighted by Gasteiger charge is -2.34. The summed E-state index contributed by atoms with van der Waals surface area (Å²) < 4.78 is 11.3. The highest BCUT2D eigenvalue weighted by Crippen LogP contribution is 2.17. The zero-order chi connectivity index (χ0) is 22.2. The third kappa shape index (κ3) is 6.74. The molecule has 2 aromatic rings. The van der Waals surface area contributed by atoms with Gasteiger partial charge in [-0.3, -0.25) is 9.59 Å². The number of aryl methyl sites for hydroxylation is 3. The van der Waals surface area contributed by atoms with Gasteiger partial charge in [-0.15, -0.1) is 0 Å². The van der Waals surface area contributed by atoms with Gasteiger partial charge >= 0.3 is 0 Å². The van der Waals surface area contributed by atoms with E-state index < -0.39 is 0 Å². The zero-order valence-electron chi connectivity index (χ0n) is 18.7. The Morgan fingerprint density at radius 1 is 0.774 bits per heavy atom. The van der Waals surface area contributed by atoms with Gasteiger partial charge in [0, 0.05) is 32.6 Å². The number of benzene rings is 2. The van der Waals surface area contributed by atoms with E-state index in [1.807, 2.05) is 68.1 Å². The number of nitrogens with zero attached hydrogens (tertiary/aromatic N) is 2. The first kappa shape index (κ1) is 22.7. The molecular formula is C25H32N2O4. The van der Waals surface area contributed by atoms with E-state index in [1.165, 1.54) is 11.1 Å². The molecule has 0 radical (unpaired) electrons. The van der Waals surface area contributed by atoms with Gasteiger partial charge in [0.15, 0.2) is 6.61 Å². The van der Waals surface area contributed by atoms with Crippen LogP contribution in [0.4, 0.5) is 0 Å². The number of amides is 2. The van der Waals surface area contributed by atoms with Crippen molar-refractivity contribution in [2.75, 3.05) is 39.4 Å². The van der Waals surface area contributed by atoms with Crippen LogP contribution in [-0.2, 0) is 9.59 Å². The molecule has 0 aromatic heterocycles. The average molecular weight is 425 g/mol. The average Bonchev–Trinajstić information content (AvgIpc) is 2.78. The molecule has 0 unspecified atom stereocenters. The molecule has 1 aliphatic heterocycles. The van der Waals surface area contributed by atoms with Gasteiger partial charge in [0.2, 0.25) is 5.91 Å². The summed E-state index contributed by atoms with van der Waals surface area (Å²) in [5.41, 5.74) is 3.53. The Labute approximate surface area is 184 Å². The van der Waals surface area contributed by atoms with E-state index in [1.54, 1.807) is 4.90 Å². The fourth-order valence-corrected chi connectivity index (χ4v) is 3.45. The molecule has 31 heavy (non-hydrogen) atoms. The minimum absolute atomic E-state index is 0.0206. The Morgan fingerprint density at radius 3 is 2.03 bits per heavy atom. The molecule has 0 saturated carbocycles. The van der Waals surface area contributed by atoms with E-state index in [4.69, 9.17) is 9.47 Å². The molecule has 6 heteroatoms. The highest BCUT2D eigenvalue weighted by Gasteiger charge is 2.24. The van der Waals surface area contributed by atoms with Crippen molar-refractivity contribution >= 4 is 11.8 Å². The molecule has 1 saturated heterocycles. The van der Waals surface area contributed by atoms with Gasteiger partial charge in [-0.1, -0.05) is 23.8 Å². The van der Waals surface area contributed by atoms with Crippen LogP contribution < -0.4 is 9.47 Å². The second-order valence-electron chi connectivity index (χ2n) is 8.06. The molecule has 0 atom stereocenters. The van der Waals surface area contributed by atoms with Crippen molar-refractivity contribution in [2.24, 2.45) is 0 Å². The smallest absolute Gasteiger partial charge is 0.260 e. The molecular weight excluding hydrogens is 392 g/mol. The number of hydrogen-bond donors (Lipinski definition) is 0. The van der Waals surface area contributed by atoms with Crippen LogP contribution in [0.1, 0.15) is 29.5 Å². The first-order valence-corrected chi connectivity index (χ1v) is 10.9. The molecule has 0 spiro atoms. The number of hydrogen-bond acceptors (Lipinski definition) is 4. The first-order chi connectivity index (χ1) is 14.9. The molecule has 0 aliphatic carbocycles. The molecule has 2 aromatic carbocycles. The monoisotopic (exact) mass is 424 g/mol. The second-order valence-corrected chi connectivity index (χ2v) is 8.06. The normalized spacial score (nSPS) is 13.8. The Morgan fingerprint density at radius 2 is 1.39 bits per heavy atom. The van der Waals surface area contributed by atoms with Crippen LogP contribution >= 0.6 is 0 Å². The standard InChI is InChI=1S/C25H32N2O4/c1-19-6-9-22(10-7-19)30-16-4-5-24(28)26-12-14-27(15-13-26)25(29)18-31-23-11-8-20(2)21(3)17-23/h6-11,17H,4-5,12-16,18H2,1-3H3. The third-order valence-electron chi connectivity index (χ3n) is 5.65. The predicted octanol–water partition coefficient (Wildman–Crippen LogP) is 3.52. The Kier molecular flexibility index (Phi) is 7.93. The van der Waals surface area contributed by atoms with Crippen LogP contribution in [0.2, 0.25) is 0 Å². The van der Waals surface area contributed by atoms with Crippen molar-refractivity contribution in [3.8, 4) is 11.5 Å². The summed E-state index contributed by atoms with van der Waals surface area (Å²) in [4.78, 5) is 28.5. The fourth-order valence-electron chi connectivity index (χ4n) is 3.45. The van der Waals surface area contributed by atoms with Gasteiger partial charge in [0.05, 0.1) is 6.61 Å². The number of carbonyl (C=O) groups is 2. The van der Waals surface area contributed by atoms with Crippen molar-refractivity contribution in [1.29, 1.82) is 0 Å². The lowest BCUT2D eigenvalue weighted by Crippen LogP contribution is -2.51. The van der Waals surface area contributed by atoms with E-state index in [9.17, 15) is 9.59 Å². The fraction of sp³-hybridized carbons (Fsp3) is 0.440. The summed E-state index contributed by atoms with van der Waals surface area (Å²) in [5, 5.41) is 0. The van der Waals surface area contributed by atoms with Crippen molar-refractivity contribution in [1.82, 2.24) is 9.80 Å². The summed E-state index contributed by atoms with van der Waals surface area (Å²) in [6.07, 6.45) is 1.13. The maximum atomic E-state index is 12.4. The maximum Gasteiger partial charge on any atom is 0.260 e. The minimum Gasteiger partial charge on any atom is -0.494 e. The van der Waals surface area contributed by atoms with Gasteiger partial charge in [0.1, 0.15) is 11.5 Å². The largest absolute Gasteiger partial charge is 0.494 e. The molecule has 0 N–H and O–H groups in total. The SMILES string of the molecule is Cc1ccc(OCCCC(=O)N2CCN(C(=O)COc3ccc(C)c(C)c3)CC2)cc1. The Bertz CT molecular complexity index is 887. The van der Waals surface area contributed by atoms with Crippen molar-refractivity contribution < 1.29 is 19.1 Å². The van der Waals surface area contributed by atoms with Crippen LogP contribution in [0.15, 0.2) is 42.5 Å². The number of piperazine rings is 1. The third-order valence-corrected chi connectivity index (χ3v) is 5.65. The zero-order valence-corrected chi connectivity index (χ0v) is 18.7. The van der Waals surface area contributed by atoms with E-state index in [-0.39, 0.29) is 18.4 Å². The molecule has 1 aliphatic rings. The summed E-state index contributed by atoms with van der Waals surface area (Å²) in [6, 6.07) is 13.7. The van der Waals surface area contributed by atoms with Crippen LogP contribution in [-0.4, -0.2) is 61.0 Å². The summed E-state index contributed by atoms with van der Waals surface area (Å²) >= 11 is 0. The number of rotatable bonds is 8. The van der Waals surface area contributed by atoms with Crippen LogP contribution in [0.3, 0.4) is 0 Å². The highest BCUT2D eigenvalue weighted by atomic mass is 16.5. The molecule has 2 amide bonds. The minimum atomic E-state index is -0.0446. The second kappa shape index (κ2) is 10.8. The number of ether oxygens (including phenoxy) is 2. The number of carbonyl (C=O) groups excluding carboxylic acids is 2. The Hall–Kier alpha value is -3.02. The van der Waals surface area contributed by atoms with E-state index in [2.05, 4.69) is 0 Å². The summed E-state index contributed by atoms with van der Waals surface area (Å²) in [7, 11) is 0. The first-order valence-electron chi connectivity index (χ1n) is 10.9. The molecule has 3 rings (SSSR count). The van der Waals surface area contributed by atoms with Gasteiger partial charge < -0.3 is 19.3 Å². The highest BCUT2D eigenvalue weighted by molar-refractivity contribution is 5.79. The molecule has 1 fully saturated rings. The van der Waals surface area contributed by atoms with Crippen molar-refractivity contribution in [2.45, 2.75) is 33.6 Å². The van der Waals surface area contributed by atoms with E-state index >= 15 is 0 Å². The van der Waals surface area contributed by atoms with Crippen LogP contribution in [0.25, 0.3) is 0 Å². The van der Waals surface area contributed by atoms with E-state index in [0.717, 1.165) is 11.3 Å². The van der Waals surface area contributed by atoms with Crippen molar-refractivity contribution in [3.63, 3.8) is 0 Å². The van der Waals surface area contributed by atoms with Crippen molar-refractivity contribution in [3.05, 3.63) is 59.2 Å². The van der Waals surface area contributed by atoms with E-state index in [0.29, 0.717) is 51.4 Å². The topological polar surface area (TPSA) is 59.1 Å². The quantitative estimate of drug-likeness (QED) is 0.609. The molecule has 1 heterocycles. The molecule has 6 nitrogen and oxygen atoms in total. The predicted molar refractivity (Wildman–Crippen MR) is 120 cm³/mol. The van der Waals surface area contributed by atoms with Crippen LogP contribution in [0, 0.1) is 20.8 Å². The molecule has 0 bridgehead atoms. The Balaban J connectivity index is 1.33. The van der Waals surface area contributed by atoms with Gasteiger partial charge in [-0.2, -0.15) is 0 Å². The summed E-state index contributed by atoms with van der Waals surface area (Å²) in [6.45, 7) is 8.85. The van der Waals surface area contributed by atoms with Gasteiger partial charge in [0.25, 0.3) is 5.91 Å². The lowest BCUT2D eigenvalue weighted by molar-refractivity contribution is -0.140. The summed E-state index contributed by atoms with van der Waals surface area (Å²) in [5.74, 6) is 1.61. The lowest BCUT2D eigenvalue weighted by atomic mass is 10.1. The van der Waals surface area contributed by atoms with Gasteiger partial charge in [-0.25, -0.2) is 0 Å². The van der Waals surface area contributed by atoms with Crippen LogP contribution in [0.5, 0.6) is 11.5 Å². The van der Waals surface area contributed by atoms with Gasteiger partial charge in [-0.05, 0) is 62.6 Å². The molecule has 166 valence electrons. The maximum absolute atomic E-state index is 12.4.